The van der Waals surface area contributed by atoms with Crippen molar-refractivity contribution in [2.45, 2.75) is 38.8 Å². The topological polar surface area (TPSA) is 68.0 Å². The summed E-state index contributed by atoms with van der Waals surface area (Å²) in [5.74, 6) is -1.13. The number of nitrogens with zero attached hydrogens (tertiary/aromatic N) is 3. The summed E-state index contributed by atoms with van der Waals surface area (Å²) in [4.78, 5) is 19.9. The SMILES string of the molecule is CCc1nc2cc(C(F)(F)F)c(Cl)cc2n1-c1ccc(C(CC)C(=O)O)nc1. The lowest BCUT2D eigenvalue weighted by Gasteiger charge is -2.13. The Labute approximate surface area is 163 Å². The molecule has 0 saturated carbocycles. The van der Waals surface area contributed by atoms with Crippen LogP contribution in [-0.2, 0) is 17.4 Å². The summed E-state index contributed by atoms with van der Waals surface area (Å²) in [6, 6.07) is 5.47. The number of alkyl halides is 3. The van der Waals surface area contributed by atoms with E-state index in [1.165, 1.54) is 12.3 Å². The Morgan fingerprint density at radius 3 is 2.50 bits per heavy atom. The zero-order valence-corrected chi connectivity index (χ0v) is 15.8. The number of carbonyl (C=O) groups is 1. The number of halogens is 4. The quantitative estimate of drug-likeness (QED) is 0.624. The maximum absolute atomic E-state index is 13.1. The third-order valence-electron chi connectivity index (χ3n) is 4.53. The third-order valence-corrected chi connectivity index (χ3v) is 4.84. The molecule has 9 heteroatoms. The first-order valence-electron chi connectivity index (χ1n) is 8.64. The van der Waals surface area contributed by atoms with Gasteiger partial charge in [-0.2, -0.15) is 13.2 Å². The van der Waals surface area contributed by atoms with Gasteiger partial charge >= 0.3 is 12.1 Å². The first kappa shape index (κ1) is 20.1. The molecule has 148 valence electrons. The summed E-state index contributed by atoms with van der Waals surface area (Å²) in [6.07, 6.45) is -2.21. The highest BCUT2D eigenvalue weighted by Crippen LogP contribution is 2.37. The number of imidazole rings is 1. The lowest BCUT2D eigenvalue weighted by atomic mass is 10.0. The lowest BCUT2D eigenvalue weighted by Crippen LogP contribution is -2.12. The molecule has 1 N–H and O–H groups in total. The maximum Gasteiger partial charge on any atom is 0.417 e. The fraction of sp³-hybridized carbons (Fsp3) is 0.316. The monoisotopic (exact) mass is 411 g/mol. The Morgan fingerprint density at radius 2 is 2.00 bits per heavy atom. The average molecular weight is 412 g/mol. The summed E-state index contributed by atoms with van der Waals surface area (Å²) < 4.78 is 41.1. The normalized spacial score (nSPS) is 13.1. The van der Waals surface area contributed by atoms with E-state index in [0.29, 0.717) is 35.6 Å². The Balaban J connectivity index is 2.15. The minimum absolute atomic E-state index is 0.176. The van der Waals surface area contributed by atoms with Crippen LogP contribution in [0.25, 0.3) is 16.7 Å². The van der Waals surface area contributed by atoms with Crippen LogP contribution in [0.1, 0.15) is 43.3 Å². The van der Waals surface area contributed by atoms with Crippen molar-refractivity contribution in [1.29, 1.82) is 0 Å². The maximum atomic E-state index is 13.1. The molecular weight excluding hydrogens is 395 g/mol. The van der Waals surface area contributed by atoms with Crippen molar-refractivity contribution in [3.05, 3.63) is 52.6 Å². The van der Waals surface area contributed by atoms with Gasteiger partial charge in [0.15, 0.2) is 0 Å². The van der Waals surface area contributed by atoms with Crippen LogP contribution in [-0.4, -0.2) is 25.6 Å². The van der Waals surface area contributed by atoms with Crippen molar-refractivity contribution in [3.8, 4) is 5.69 Å². The number of pyridine rings is 1. The van der Waals surface area contributed by atoms with Crippen molar-refractivity contribution in [1.82, 2.24) is 14.5 Å². The average Bonchev–Trinajstić information content (AvgIpc) is 2.98. The van der Waals surface area contributed by atoms with Crippen LogP contribution in [0, 0.1) is 0 Å². The van der Waals surface area contributed by atoms with E-state index < -0.39 is 28.6 Å². The number of hydrogen-bond acceptors (Lipinski definition) is 3. The molecule has 0 aliphatic heterocycles. The van der Waals surface area contributed by atoms with Crippen molar-refractivity contribution in [2.75, 3.05) is 0 Å². The zero-order valence-electron chi connectivity index (χ0n) is 15.1. The number of hydrogen-bond donors (Lipinski definition) is 1. The molecule has 3 aromatic rings. The molecule has 1 atom stereocenters. The molecule has 28 heavy (non-hydrogen) atoms. The second-order valence-electron chi connectivity index (χ2n) is 6.28. The van der Waals surface area contributed by atoms with E-state index in [-0.39, 0.29) is 5.52 Å². The highest BCUT2D eigenvalue weighted by Gasteiger charge is 2.34. The van der Waals surface area contributed by atoms with Gasteiger partial charge in [-0.05, 0) is 30.7 Å². The molecule has 1 aromatic carbocycles. The van der Waals surface area contributed by atoms with Crippen LogP contribution in [0.3, 0.4) is 0 Å². The molecule has 3 rings (SSSR count). The predicted molar refractivity (Wildman–Crippen MR) is 98.9 cm³/mol. The number of carboxylic acid groups (broad SMARTS) is 1. The van der Waals surface area contributed by atoms with Gasteiger partial charge in [0.25, 0.3) is 0 Å². The van der Waals surface area contributed by atoms with Crippen molar-refractivity contribution in [3.63, 3.8) is 0 Å². The largest absolute Gasteiger partial charge is 0.481 e. The summed E-state index contributed by atoms with van der Waals surface area (Å²) in [7, 11) is 0. The van der Waals surface area contributed by atoms with Crippen molar-refractivity contribution in [2.24, 2.45) is 0 Å². The predicted octanol–water partition coefficient (Wildman–Crippen LogP) is 5.23. The van der Waals surface area contributed by atoms with E-state index in [9.17, 15) is 23.1 Å². The minimum atomic E-state index is -4.57. The Kier molecular flexibility index (Phi) is 5.34. The Morgan fingerprint density at radius 1 is 1.29 bits per heavy atom. The molecule has 0 fully saturated rings. The van der Waals surface area contributed by atoms with Gasteiger partial charge in [-0.25, -0.2) is 4.98 Å². The van der Waals surface area contributed by atoms with Crippen LogP contribution in [0.4, 0.5) is 13.2 Å². The van der Waals surface area contributed by atoms with Gasteiger partial charge in [0.1, 0.15) is 5.82 Å². The van der Waals surface area contributed by atoms with Gasteiger partial charge in [0, 0.05) is 6.42 Å². The molecule has 5 nitrogen and oxygen atoms in total. The standard InChI is InChI=1S/C19H17ClF3N3O2/c1-3-11(18(27)28)14-6-5-10(9-24-14)26-16-8-13(20)12(19(21,22)23)7-15(16)25-17(26)4-2/h5-9,11H,3-4H2,1-2H3,(H,27,28). The Bertz CT molecular complexity index is 1030. The van der Waals surface area contributed by atoms with Crippen LogP contribution < -0.4 is 0 Å². The fourth-order valence-corrected chi connectivity index (χ4v) is 3.40. The number of aliphatic carboxylic acids is 1. The first-order valence-corrected chi connectivity index (χ1v) is 9.02. The second kappa shape index (κ2) is 7.43. The van der Waals surface area contributed by atoms with E-state index >= 15 is 0 Å². The molecule has 0 saturated heterocycles. The van der Waals surface area contributed by atoms with Gasteiger partial charge < -0.3 is 5.11 Å². The minimum Gasteiger partial charge on any atom is -0.481 e. The van der Waals surface area contributed by atoms with Crippen LogP contribution >= 0.6 is 11.6 Å². The molecule has 2 heterocycles. The molecular formula is C19H17ClF3N3O2. The summed E-state index contributed by atoms with van der Waals surface area (Å²) in [5, 5.41) is 8.85. The smallest absolute Gasteiger partial charge is 0.417 e. The third kappa shape index (κ3) is 3.56. The highest BCUT2D eigenvalue weighted by molar-refractivity contribution is 6.32. The first-order chi connectivity index (χ1) is 13.2. The van der Waals surface area contributed by atoms with Crippen LogP contribution in [0.5, 0.6) is 0 Å². The zero-order chi connectivity index (χ0) is 20.6. The van der Waals surface area contributed by atoms with E-state index in [4.69, 9.17) is 11.6 Å². The summed E-state index contributed by atoms with van der Waals surface area (Å²) >= 11 is 5.88. The van der Waals surface area contributed by atoms with E-state index in [1.54, 1.807) is 23.6 Å². The number of benzene rings is 1. The molecule has 0 aliphatic carbocycles. The van der Waals surface area contributed by atoms with Crippen LogP contribution in [0.2, 0.25) is 5.02 Å². The Hall–Kier alpha value is -2.61. The van der Waals surface area contributed by atoms with Crippen molar-refractivity contribution >= 4 is 28.6 Å². The van der Waals surface area contributed by atoms with Gasteiger partial charge in [0.2, 0.25) is 0 Å². The molecule has 0 spiro atoms. The molecule has 0 amide bonds. The number of carboxylic acids is 1. The summed E-state index contributed by atoms with van der Waals surface area (Å²) in [5.41, 5.74) is 0.650. The van der Waals surface area contributed by atoms with Gasteiger partial charge in [0.05, 0.1) is 45.1 Å². The molecule has 0 aliphatic rings. The molecule has 0 radical (unpaired) electrons. The van der Waals surface area contributed by atoms with Gasteiger partial charge in [-0.3, -0.25) is 14.3 Å². The lowest BCUT2D eigenvalue weighted by molar-refractivity contribution is -0.139. The highest BCUT2D eigenvalue weighted by atomic mass is 35.5. The van der Waals surface area contributed by atoms with E-state index in [2.05, 4.69) is 9.97 Å². The fourth-order valence-electron chi connectivity index (χ4n) is 3.14. The molecule has 1 unspecified atom stereocenters. The van der Waals surface area contributed by atoms with Gasteiger partial charge in [-0.1, -0.05) is 25.4 Å². The molecule has 0 bridgehead atoms. The van der Waals surface area contributed by atoms with E-state index in [1.807, 2.05) is 6.92 Å². The number of rotatable bonds is 5. The summed E-state index contributed by atoms with van der Waals surface area (Å²) in [6.45, 7) is 3.59. The number of aromatic nitrogens is 3. The second-order valence-corrected chi connectivity index (χ2v) is 6.68. The number of fused-ring (bicyclic) bond motifs is 1. The van der Waals surface area contributed by atoms with E-state index in [0.717, 1.165) is 6.07 Å². The van der Waals surface area contributed by atoms with Crippen molar-refractivity contribution < 1.29 is 23.1 Å². The van der Waals surface area contributed by atoms with Crippen LogP contribution in [0.15, 0.2) is 30.5 Å². The number of aryl methyl sites for hydroxylation is 1. The molecule has 2 aromatic heterocycles. The van der Waals surface area contributed by atoms with Gasteiger partial charge in [-0.15, -0.1) is 0 Å².